The van der Waals surface area contributed by atoms with Gasteiger partial charge in [0.05, 0.1) is 12.2 Å². The summed E-state index contributed by atoms with van der Waals surface area (Å²) in [5.74, 6) is -0.579. The molecule has 2 heterocycles. The molecule has 1 aliphatic rings. The Labute approximate surface area is 102 Å². The van der Waals surface area contributed by atoms with Gasteiger partial charge in [0.15, 0.2) is 0 Å². The molecule has 0 spiro atoms. The van der Waals surface area contributed by atoms with Crippen LogP contribution in [0.1, 0.15) is 0 Å². The molecule has 0 saturated carbocycles. The van der Waals surface area contributed by atoms with Crippen molar-refractivity contribution < 1.29 is 13.5 Å². The van der Waals surface area contributed by atoms with Crippen molar-refractivity contribution in [2.45, 2.75) is 12.3 Å². The number of hydrogen-bond acceptors (Lipinski definition) is 4. The number of rotatable bonds is 2. The number of halogens is 3. The predicted octanol–water partition coefficient (Wildman–Crippen LogP) is 1.63. The van der Waals surface area contributed by atoms with Gasteiger partial charge in [-0.05, 0) is 0 Å². The van der Waals surface area contributed by atoms with Crippen molar-refractivity contribution >= 4 is 23.1 Å². The van der Waals surface area contributed by atoms with Crippen molar-refractivity contribution in [3.8, 4) is 0 Å². The average molecular weight is 264 g/mol. The van der Waals surface area contributed by atoms with Crippen LogP contribution < -0.4 is 10.6 Å². The predicted molar refractivity (Wildman–Crippen MR) is 61.5 cm³/mol. The van der Waals surface area contributed by atoms with Crippen LogP contribution in [0.4, 0.5) is 20.3 Å². The second kappa shape index (κ2) is 4.62. The molecule has 0 bridgehead atoms. The van der Waals surface area contributed by atoms with Crippen molar-refractivity contribution in [3.63, 3.8) is 0 Å². The summed E-state index contributed by atoms with van der Waals surface area (Å²) in [6, 6.07) is 1.43. The Morgan fingerprint density at radius 1 is 1.59 bits per heavy atom. The molecule has 0 unspecified atom stereocenters. The summed E-state index contributed by atoms with van der Waals surface area (Å²) in [7, 11) is 1.44. The average Bonchev–Trinajstić information content (AvgIpc) is 2.66. The van der Waals surface area contributed by atoms with Crippen LogP contribution in [0.15, 0.2) is 6.07 Å². The van der Waals surface area contributed by atoms with E-state index in [9.17, 15) is 8.78 Å². The van der Waals surface area contributed by atoms with Gasteiger partial charge in [-0.3, -0.25) is 0 Å². The van der Waals surface area contributed by atoms with E-state index < -0.39 is 18.2 Å². The van der Waals surface area contributed by atoms with E-state index in [-0.39, 0.29) is 23.1 Å². The molecule has 1 fully saturated rings. The standard InChI is InChI=1S/C10H12ClF2N3O/c1-17-7-4-16(3-5(7)12)8-2-6(14)9(11)10(13)15-8/h2,5,7H,3-4H2,1H3,(H2,14,15)/t5-,7+/m1/s1. The molecule has 1 aromatic heterocycles. The Balaban J connectivity index is 2.25. The molecule has 0 aliphatic carbocycles. The van der Waals surface area contributed by atoms with E-state index >= 15 is 0 Å². The highest BCUT2D eigenvalue weighted by atomic mass is 35.5. The molecule has 7 heteroatoms. The second-order valence-corrected chi connectivity index (χ2v) is 4.25. The number of anilines is 2. The number of nitrogen functional groups attached to an aromatic ring is 1. The number of nitrogens with two attached hydrogens (primary N) is 1. The van der Waals surface area contributed by atoms with E-state index in [2.05, 4.69) is 4.98 Å². The van der Waals surface area contributed by atoms with Crippen LogP contribution in [0.25, 0.3) is 0 Å². The molecule has 0 amide bonds. The fraction of sp³-hybridized carbons (Fsp3) is 0.500. The van der Waals surface area contributed by atoms with Gasteiger partial charge in [0.25, 0.3) is 0 Å². The Bertz CT molecular complexity index is 409. The zero-order valence-corrected chi connectivity index (χ0v) is 9.92. The molecule has 2 rings (SSSR count). The fourth-order valence-corrected chi connectivity index (χ4v) is 1.91. The molecule has 1 saturated heterocycles. The highest BCUT2D eigenvalue weighted by Crippen LogP contribution is 2.28. The summed E-state index contributed by atoms with van der Waals surface area (Å²) in [4.78, 5) is 5.22. The lowest BCUT2D eigenvalue weighted by Crippen LogP contribution is -2.23. The third-order valence-corrected chi connectivity index (χ3v) is 3.13. The van der Waals surface area contributed by atoms with Crippen LogP contribution in [-0.2, 0) is 4.74 Å². The lowest BCUT2D eigenvalue weighted by Gasteiger charge is -2.17. The molecule has 1 aliphatic heterocycles. The van der Waals surface area contributed by atoms with E-state index in [4.69, 9.17) is 22.1 Å². The van der Waals surface area contributed by atoms with Crippen molar-refractivity contribution in [1.29, 1.82) is 0 Å². The van der Waals surface area contributed by atoms with Gasteiger partial charge in [0.2, 0.25) is 5.95 Å². The van der Waals surface area contributed by atoms with Crippen LogP contribution in [0.3, 0.4) is 0 Å². The van der Waals surface area contributed by atoms with Gasteiger partial charge in [0.1, 0.15) is 23.1 Å². The van der Waals surface area contributed by atoms with Gasteiger partial charge in [-0.15, -0.1) is 0 Å². The SMILES string of the molecule is CO[C@H]1CN(c2cc(N)c(Cl)c(F)n2)C[C@H]1F. The Morgan fingerprint density at radius 3 is 2.82 bits per heavy atom. The zero-order valence-electron chi connectivity index (χ0n) is 9.16. The molecule has 2 N–H and O–H groups in total. The topological polar surface area (TPSA) is 51.4 Å². The van der Waals surface area contributed by atoms with Gasteiger partial charge < -0.3 is 15.4 Å². The van der Waals surface area contributed by atoms with Gasteiger partial charge in [0, 0.05) is 19.7 Å². The number of nitrogens with zero attached hydrogens (tertiary/aromatic N) is 2. The third-order valence-electron chi connectivity index (χ3n) is 2.76. The molecule has 2 atom stereocenters. The maximum absolute atomic E-state index is 13.5. The third kappa shape index (κ3) is 2.28. The Kier molecular flexibility index (Phi) is 3.35. The van der Waals surface area contributed by atoms with Crippen molar-refractivity contribution in [3.05, 3.63) is 17.0 Å². The first-order valence-corrected chi connectivity index (χ1v) is 5.44. The number of hydrogen-bond donors (Lipinski definition) is 1. The van der Waals surface area contributed by atoms with E-state index in [0.717, 1.165) is 0 Å². The Morgan fingerprint density at radius 2 is 2.29 bits per heavy atom. The number of aromatic nitrogens is 1. The summed E-state index contributed by atoms with van der Waals surface area (Å²) < 4.78 is 31.7. The van der Waals surface area contributed by atoms with Crippen molar-refractivity contribution in [2.24, 2.45) is 0 Å². The summed E-state index contributed by atoms with van der Waals surface area (Å²) in [6.07, 6.45) is -1.65. The van der Waals surface area contributed by atoms with Gasteiger partial charge >= 0.3 is 0 Å². The van der Waals surface area contributed by atoms with Crippen molar-refractivity contribution in [2.75, 3.05) is 30.8 Å². The minimum atomic E-state index is -1.12. The first-order valence-electron chi connectivity index (χ1n) is 5.06. The first kappa shape index (κ1) is 12.3. The molecule has 1 aromatic rings. The normalized spacial score (nSPS) is 24.4. The van der Waals surface area contributed by atoms with E-state index in [1.165, 1.54) is 13.2 Å². The van der Waals surface area contributed by atoms with E-state index in [0.29, 0.717) is 6.54 Å². The quantitative estimate of drug-likeness (QED) is 0.824. The molecule has 0 radical (unpaired) electrons. The van der Waals surface area contributed by atoms with E-state index in [1.807, 2.05) is 0 Å². The molecule has 94 valence electrons. The smallest absolute Gasteiger partial charge is 0.235 e. The second-order valence-electron chi connectivity index (χ2n) is 3.87. The minimum absolute atomic E-state index is 0.0884. The van der Waals surface area contributed by atoms with Gasteiger partial charge in [-0.1, -0.05) is 11.6 Å². The summed E-state index contributed by atoms with van der Waals surface area (Å²) in [5, 5.41) is -0.215. The number of ether oxygens (including phenoxy) is 1. The lowest BCUT2D eigenvalue weighted by molar-refractivity contribution is 0.0650. The number of methoxy groups -OCH3 is 1. The number of pyridine rings is 1. The van der Waals surface area contributed by atoms with Crippen LogP contribution in [0, 0.1) is 5.95 Å². The van der Waals surface area contributed by atoms with Crippen LogP contribution in [0.2, 0.25) is 5.02 Å². The monoisotopic (exact) mass is 263 g/mol. The van der Waals surface area contributed by atoms with Crippen LogP contribution in [0.5, 0.6) is 0 Å². The molecule has 0 aromatic carbocycles. The van der Waals surface area contributed by atoms with Crippen LogP contribution >= 0.6 is 11.6 Å². The lowest BCUT2D eigenvalue weighted by atomic mass is 10.3. The molecule has 17 heavy (non-hydrogen) atoms. The minimum Gasteiger partial charge on any atom is -0.397 e. The maximum atomic E-state index is 13.5. The van der Waals surface area contributed by atoms with Gasteiger partial charge in [-0.25, -0.2) is 9.37 Å². The van der Waals surface area contributed by atoms with E-state index in [1.54, 1.807) is 4.90 Å². The fourth-order valence-electron chi connectivity index (χ4n) is 1.81. The Hall–Kier alpha value is -1.14. The molecule has 4 nitrogen and oxygen atoms in total. The summed E-state index contributed by atoms with van der Waals surface area (Å²) >= 11 is 5.56. The summed E-state index contributed by atoms with van der Waals surface area (Å²) in [6.45, 7) is 0.414. The maximum Gasteiger partial charge on any atom is 0.235 e. The van der Waals surface area contributed by atoms with Gasteiger partial charge in [-0.2, -0.15) is 4.39 Å². The largest absolute Gasteiger partial charge is 0.397 e. The van der Waals surface area contributed by atoms with Crippen LogP contribution in [-0.4, -0.2) is 37.5 Å². The summed E-state index contributed by atoms with van der Waals surface area (Å²) in [5.41, 5.74) is 5.62. The molecular formula is C10H12ClF2N3O. The first-order chi connectivity index (χ1) is 8.02. The van der Waals surface area contributed by atoms with Crippen molar-refractivity contribution in [1.82, 2.24) is 4.98 Å². The number of alkyl halides is 1. The molecular weight excluding hydrogens is 252 g/mol. The zero-order chi connectivity index (χ0) is 12.6. The highest BCUT2D eigenvalue weighted by Gasteiger charge is 2.34. The highest BCUT2D eigenvalue weighted by molar-refractivity contribution is 6.33.